The van der Waals surface area contributed by atoms with Gasteiger partial charge in [0.1, 0.15) is 0 Å². The molecule has 0 radical (unpaired) electrons. The summed E-state index contributed by atoms with van der Waals surface area (Å²) in [6.07, 6.45) is 0. The first kappa shape index (κ1) is 18.1. The lowest BCUT2D eigenvalue weighted by Gasteiger charge is -2.37. The normalized spacial score (nSPS) is 23.0. The molecule has 2 aliphatic rings. The molecule has 2 aliphatic heterocycles. The third-order valence-electron chi connectivity index (χ3n) is 2.98. The van der Waals surface area contributed by atoms with E-state index in [2.05, 4.69) is 22.2 Å². The maximum absolute atomic E-state index is 3.32. The molecule has 2 fully saturated rings. The molecule has 94 valence electrons. The van der Waals surface area contributed by atoms with Gasteiger partial charge < -0.3 is 15.1 Å². The van der Waals surface area contributed by atoms with Crippen molar-refractivity contribution in [2.24, 2.45) is 5.92 Å². The van der Waals surface area contributed by atoms with Gasteiger partial charge in [0.25, 0.3) is 0 Å². The highest BCUT2D eigenvalue weighted by Crippen LogP contribution is 2.07. The van der Waals surface area contributed by atoms with Gasteiger partial charge in [-0.05, 0) is 13.0 Å². The zero-order valence-corrected chi connectivity index (χ0v) is 11.6. The summed E-state index contributed by atoms with van der Waals surface area (Å²) >= 11 is 0. The quantitative estimate of drug-likeness (QED) is 0.803. The molecule has 2 rings (SSSR count). The standard InChI is InChI=1S/C9H19N3.3ClH/c1-11-2-4-12(5-3-11)8-9-6-10-7-9;;;/h9-10H,2-8H2,1H3;3*1H. The van der Waals surface area contributed by atoms with E-state index in [-0.39, 0.29) is 37.2 Å². The van der Waals surface area contributed by atoms with Gasteiger partial charge in [-0.15, -0.1) is 37.2 Å². The fourth-order valence-electron chi connectivity index (χ4n) is 1.87. The lowest BCUT2D eigenvalue weighted by molar-refractivity contribution is 0.122. The fraction of sp³-hybridized carbons (Fsp3) is 1.00. The Morgan fingerprint density at radius 2 is 1.53 bits per heavy atom. The molecule has 0 aromatic carbocycles. The minimum atomic E-state index is 0. The van der Waals surface area contributed by atoms with Gasteiger partial charge in [0.05, 0.1) is 0 Å². The van der Waals surface area contributed by atoms with Crippen LogP contribution in [0.2, 0.25) is 0 Å². The summed E-state index contributed by atoms with van der Waals surface area (Å²) in [5, 5.41) is 3.32. The molecule has 0 aromatic heterocycles. The Bertz CT molecular complexity index is 148. The Balaban J connectivity index is 0. The summed E-state index contributed by atoms with van der Waals surface area (Å²) in [7, 11) is 2.21. The lowest BCUT2D eigenvalue weighted by atomic mass is 10.0. The molecule has 0 saturated carbocycles. The zero-order valence-electron chi connectivity index (χ0n) is 9.15. The third kappa shape index (κ3) is 5.57. The summed E-state index contributed by atoms with van der Waals surface area (Å²) in [5.74, 6) is 0.938. The second-order valence-corrected chi connectivity index (χ2v) is 4.13. The van der Waals surface area contributed by atoms with Crippen molar-refractivity contribution in [1.82, 2.24) is 15.1 Å². The topological polar surface area (TPSA) is 18.5 Å². The SMILES string of the molecule is CN1CCN(CC2CNC2)CC1.Cl.Cl.Cl. The van der Waals surface area contributed by atoms with Crippen LogP contribution in [0.4, 0.5) is 0 Å². The number of piperazine rings is 1. The molecule has 1 N–H and O–H groups in total. The number of hydrogen-bond donors (Lipinski definition) is 1. The summed E-state index contributed by atoms with van der Waals surface area (Å²) in [6, 6.07) is 0. The smallest absolute Gasteiger partial charge is 0.0110 e. The number of likely N-dealkylation sites (N-methyl/N-ethyl adjacent to an activating group) is 1. The molecule has 2 saturated heterocycles. The Morgan fingerprint density at radius 3 is 1.93 bits per heavy atom. The predicted molar refractivity (Wildman–Crippen MR) is 72.0 cm³/mol. The average Bonchev–Trinajstić information content (AvgIpc) is 2.00. The van der Waals surface area contributed by atoms with Gasteiger partial charge in [-0.2, -0.15) is 0 Å². The molecule has 15 heavy (non-hydrogen) atoms. The molecule has 0 spiro atoms. The first-order chi connectivity index (χ1) is 5.84. The summed E-state index contributed by atoms with van der Waals surface area (Å²) in [6.45, 7) is 8.85. The first-order valence-electron chi connectivity index (χ1n) is 4.96. The van der Waals surface area contributed by atoms with Crippen LogP contribution in [0, 0.1) is 5.92 Å². The van der Waals surface area contributed by atoms with Gasteiger partial charge in [-0.25, -0.2) is 0 Å². The van der Waals surface area contributed by atoms with Gasteiger partial charge in [-0.3, -0.25) is 0 Å². The van der Waals surface area contributed by atoms with Crippen LogP contribution in [0.3, 0.4) is 0 Å². The minimum Gasteiger partial charge on any atom is -0.316 e. The first-order valence-corrected chi connectivity index (χ1v) is 4.96. The lowest BCUT2D eigenvalue weighted by Crippen LogP contribution is -2.52. The van der Waals surface area contributed by atoms with E-state index in [1.54, 1.807) is 0 Å². The van der Waals surface area contributed by atoms with E-state index >= 15 is 0 Å². The highest BCUT2D eigenvalue weighted by Gasteiger charge is 2.21. The Kier molecular flexibility index (Phi) is 10.7. The van der Waals surface area contributed by atoms with Crippen molar-refractivity contribution in [3.63, 3.8) is 0 Å². The zero-order chi connectivity index (χ0) is 8.39. The van der Waals surface area contributed by atoms with Crippen LogP contribution in [-0.2, 0) is 0 Å². The van der Waals surface area contributed by atoms with Crippen molar-refractivity contribution >= 4 is 37.2 Å². The number of halogens is 3. The van der Waals surface area contributed by atoms with Crippen LogP contribution >= 0.6 is 37.2 Å². The van der Waals surface area contributed by atoms with Gasteiger partial charge in [0.2, 0.25) is 0 Å². The molecule has 2 heterocycles. The number of hydrogen-bond acceptors (Lipinski definition) is 3. The number of nitrogens with zero attached hydrogens (tertiary/aromatic N) is 2. The highest BCUT2D eigenvalue weighted by molar-refractivity contribution is 5.86. The van der Waals surface area contributed by atoms with Crippen LogP contribution in [0.15, 0.2) is 0 Å². The molecule has 0 bridgehead atoms. The van der Waals surface area contributed by atoms with Crippen molar-refractivity contribution < 1.29 is 0 Å². The van der Waals surface area contributed by atoms with E-state index in [0.29, 0.717) is 0 Å². The van der Waals surface area contributed by atoms with Crippen molar-refractivity contribution in [2.75, 3.05) is 52.9 Å². The maximum Gasteiger partial charge on any atom is 0.0110 e. The molecule has 0 atom stereocenters. The van der Waals surface area contributed by atoms with Crippen LogP contribution in [0.5, 0.6) is 0 Å². The van der Waals surface area contributed by atoms with E-state index in [1.165, 1.54) is 45.8 Å². The fourth-order valence-corrected chi connectivity index (χ4v) is 1.87. The molecule has 0 unspecified atom stereocenters. The van der Waals surface area contributed by atoms with E-state index in [4.69, 9.17) is 0 Å². The molecular formula is C9H22Cl3N3. The van der Waals surface area contributed by atoms with Crippen molar-refractivity contribution in [3.8, 4) is 0 Å². The van der Waals surface area contributed by atoms with E-state index in [1.807, 2.05) is 0 Å². The molecule has 6 heteroatoms. The van der Waals surface area contributed by atoms with E-state index in [9.17, 15) is 0 Å². The van der Waals surface area contributed by atoms with Gasteiger partial charge in [-0.1, -0.05) is 0 Å². The summed E-state index contributed by atoms with van der Waals surface area (Å²) in [5.41, 5.74) is 0. The highest BCUT2D eigenvalue weighted by atomic mass is 35.5. The van der Waals surface area contributed by atoms with Gasteiger partial charge in [0.15, 0.2) is 0 Å². The van der Waals surface area contributed by atoms with Gasteiger partial charge in [0, 0.05) is 45.8 Å². The van der Waals surface area contributed by atoms with Crippen LogP contribution in [-0.4, -0.2) is 62.7 Å². The largest absolute Gasteiger partial charge is 0.316 e. The maximum atomic E-state index is 3.32. The van der Waals surface area contributed by atoms with Crippen molar-refractivity contribution in [3.05, 3.63) is 0 Å². The second kappa shape index (κ2) is 8.85. The minimum absolute atomic E-state index is 0. The van der Waals surface area contributed by atoms with E-state index < -0.39 is 0 Å². The molecule has 0 aromatic rings. The number of nitrogens with one attached hydrogen (secondary N) is 1. The predicted octanol–water partition coefficient (Wildman–Crippen LogP) is 0.719. The van der Waals surface area contributed by atoms with Gasteiger partial charge >= 0.3 is 0 Å². The molecule has 3 nitrogen and oxygen atoms in total. The van der Waals surface area contributed by atoms with Crippen molar-refractivity contribution in [1.29, 1.82) is 0 Å². The Morgan fingerprint density at radius 1 is 1.00 bits per heavy atom. The third-order valence-corrected chi connectivity index (χ3v) is 2.98. The Hall–Kier alpha value is 0.750. The Labute approximate surface area is 111 Å². The summed E-state index contributed by atoms with van der Waals surface area (Å²) in [4.78, 5) is 5.01. The second-order valence-electron chi connectivity index (χ2n) is 4.13. The number of rotatable bonds is 2. The van der Waals surface area contributed by atoms with Crippen LogP contribution < -0.4 is 5.32 Å². The summed E-state index contributed by atoms with van der Waals surface area (Å²) < 4.78 is 0. The van der Waals surface area contributed by atoms with Crippen LogP contribution in [0.25, 0.3) is 0 Å². The van der Waals surface area contributed by atoms with E-state index in [0.717, 1.165) is 5.92 Å². The molecule has 0 aliphatic carbocycles. The average molecular weight is 279 g/mol. The molecular weight excluding hydrogens is 256 g/mol. The van der Waals surface area contributed by atoms with Crippen LogP contribution in [0.1, 0.15) is 0 Å². The van der Waals surface area contributed by atoms with Crippen molar-refractivity contribution in [2.45, 2.75) is 0 Å². The monoisotopic (exact) mass is 277 g/mol. The molecule has 0 amide bonds.